The molecule has 1 amide bonds. The highest BCUT2D eigenvalue weighted by molar-refractivity contribution is 7.91. The van der Waals surface area contributed by atoms with Crippen molar-refractivity contribution in [3.05, 3.63) is 69.8 Å². The van der Waals surface area contributed by atoms with Crippen molar-refractivity contribution in [3.63, 3.8) is 0 Å². The first-order valence-corrected chi connectivity index (χ1v) is 9.99. The first-order chi connectivity index (χ1) is 12.9. The summed E-state index contributed by atoms with van der Waals surface area (Å²) >= 11 is 0. The molecule has 0 aliphatic carbocycles. The second-order valence-electron chi connectivity index (χ2n) is 7.23. The van der Waals surface area contributed by atoms with Gasteiger partial charge in [-0.1, -0.05) is 17.7 Å². The van der Waals surface area contributed by atoms with Gasteiger partial charge in [-0.25, -0.2) is 13.2 Å². The van der Waals surface area contributed by atoms with Gasteiger partial charge in [-0.3, -0.25) is 10.1 Å². The number of rotatable bonds is 5. The number of ether oxygens (including phenoxy) is 1. The molecule has 0 saturated carbocycles. The normalized spacial score (nSPS) is 12.9. The first-order valence-electron chi connectivity index (χ1n) is 8.44. The summed E-state index contributed by atoms with van der Waals surface area (Å²) in [6.07, 6.45) is -0.911. The van der Waals surface area contributed by atoms with Crippen molar-refractivity contribution in [2.75, 3.05) is 0 Å². The van der Waals surface area contributed by atoms with E-state index in [9.17, 15) is 23.3 Å². The summed E-state index contributed by atoms with van der Waals surface area (Å²) in [7, 11) is -4.04. The zero-order chi connectivity index (χ0) is 21.1. The molecule has 1 atom stereocenters. The number of benzene rings is 2. The third-order valence-corrected chi connectivity index (χ3v) is 5.65. The fraction of sp³-hybridized carbons (Fsp3) is 0.316. The number of non-ortho nitro benzene ring substituents is 1. The minimum absolute atomic E-state index is 0.0116. The van der Waals surface area contributed by atoms with Crippen LogP contribution in [0.3, 0.4) is 0 Å². The monoisotopic (exact) mass is 406 g/mol. The van der Waals surface area contributed by atoms with Crippen LogP contribution in [0, 0.1) is 17.0 Å². The van der Waals surface area contributed by atoms with E-state index in [4.69, 9.17) is 4.74 Å². The van der Waals surface area contributed by atoms with Crippen molar-refractivity contribution in [3.8, 4) is 0 Å². The van der Waals surface area contributed by atoms with Crippen LogP contribution >= 0.6 is 0 Å². The van der Waals surface area contributed by atoms with Crippen LogP contribution in [0.25, 0.3) is 0 Å². The van der Waals surface area contributed by atoms with E-state index in [0.717, 1.165) is 5.56 Å². The number of sulfone groups is 1. The summed E-state index contributed by atoms with van der Waals surface area (Å²) in [4.78, 5) is 22.5. The molecule has 1 N–H and O–H groups in total. The van der Waals surface area contributed by atoms with Crippen molar-refractivity contribution in [1.29, 1.82) is 0 Å². The summed E-state index contributed by atoms with van der Waals surface area (Å²) in [6.45, 7) is 6.79. The maximum atomic E-state index is 13.2. The largest absolute Gasteiger partial charge is 0.444 e. The Bertz CT molecular complexity index is 961. The molecule has 0 aromatic heterocycles. The maximum absolute atomic E-state index is 13.2. The number of hydrogen-bond acceptors (Lipinski definition) is 6. The van der Waals surface area contributed by atoms with Crippen molar-refractivity contribution in [2.24, 2.45) is 0 Å². The maximum Gasteiger partial charge on any atom is 0.408 e. The van der Waals surface area contributed by atoms with Crippen LogP contribution in [0.1, 0.15) is 37.3 Å². The Balaban J connectivity index is 2.47. The summed E-state index contributed by atoms with van der Waals surface area (Å²) < 4.78 is 31.5. The Hall–Kier alpha value is -2.94. The van der Waals surface area contributed by atoms with Crippen LogP contribution in [0.15, 0.2) is 53.4 Å². The van der Waals surface area contributed by atoms with Gasteiger partial charge in [-0.2, -0.15) is 0 Å². The number of aryl methyl sites for hydroxylation is 1. The quantitative estimate of drug-likeness (QED) is 0.595. The van der Waals surface area contributed by atoms with Crippen molar-refractivity contribution in [2.45, 2.75) is 43.6 Å². The smallest absolute Gasteiger partial charge is 0.408 e. The molecule has 0 saturated heterocycles. The molecule has 9 heteroatoms. The van der Waals surface area contributed by atoms with Gasteiger partial charge in [0.2, 0.25) is 9.84 Å². The lowest BCUT2D eigenvalue weighted by Crippen LogP contribution is -2.38. The number of amides is 1. The predicted molar refractivity (Wildman–Crippen MR) is 104 cm³/mol. The minimum Gasteiger partial charge on any atom is -0.444 e. The van der Waals surface area contributed by atoms with E-state index in [1.807, 2.05) is 6.92 Å². The predicted octanol–water partition coefficient (Wildman–Crippen LogP) is 3.90. The van der Waals surface area contributed by atoms with Crippen molar-refractivity contribution < 1.29 is 22.9 Å². The number of carbonyl (C=O) groups excluding carboxylic acids is 1. The molecule has 0 heterocycles. The van der Waals surface area contributed by atoms with E-state index in [0.29, 0.717) is 0 Å². The van der Waals surface area contributed by atoms with Crippen LogP contribution in [0.5, 0.6) is 0 Å². The van der Waals surface area contributed by atoms with Gasteiger partial charge in [0.15, 0.2) is 5.37 Å². The van der Waals surface area contributed by atoms with E-state index in [-0.39, 0.29) is 16.1 Å². The highest BCUT2D eigenvalue weighted by Gasteiger charge is 2.32. The minimum atomic E-state index is -4.04. The first kappa shape index (κ1) is 21.4. The molecule has 28 heavy (non-hydrogen) atoms. The van der Waals surface area contributed by atoms with E-state index in [1.165, 1.54) is 36.4 Å². The van der Waals surface area contributed by atoms with E-state index < -0.39 is 31.8 Å². The Morgan fingerprint density at radius 3 is 2.07 bits per heavy atom. The Labute approximate surface area is 163 Å². The van der Waals surface area contributed by atoms with Gasteiger partial charge in [0, 0.05) is 12.1 Å². The van der Waals surface area contributed by atoms with E-state index in [1.54, 1.807) is 32.9 Å². The lowest BCUT2D eigenvalue weighted by atomic mass is 10.2. The molecular formula is C19H22N2O6S. The zero-order valence-corrected chi connectivity index (χ0v) is 16.8. The lowest BCUT2D eigenvalue weighted by Gasteiger charge is -2.24. The second-order valence-corrected chi connectivity index (χ2v) is 9.27. The number of nitro groups is 1. The SMILES string of the molecule is Cc1ccc(S(=O)(=O)C(NC(=O)OC(C)(C)C)c2ccc([N+](=O)[O-])cc2)cc1. The lowest BCUT2D eigenvalue weighted by molar-refractivity contribution is -0.384. The molecule has 8 nitrogen and oxygen atoms in total. The number of nitro benzene ring substituents is 1. The van der Waals surface area contributed by atoms with Crippen molar-refractivity contribution >= 4 is 21.6 Å². The number of hydrogen-bond donors (Lipinski definition) is 1. The molecule has 150 valence electrons. The van der Waals surface area contributed by atoms with E-state index in [2.05, 4.69) is 5.32 Å². The fourth-order valence-electron chi connectivity index (χ4n) is 2.39. The summed E-state index contributed by atoms with van der Waals surface area (Å²) in [5.74, 6) is 0. The molecule has 0 aliphatic rings. The van der Waals surface area contributed by atoms with Gasteiger partial charge in [-0.15, -0.1) is 0 Å². The topological polar surface area (TPSA) is 116 Å². The van der Waals surface area contributed by atoms with Crippen LogP contribution < -0.4 is 5.32 Å². The number of nitrogens with zero attached hydrogens (tertiary/aromatic N) is 1. The summed E-state index contributed by atoms with van der Waals surface area (Å²) in [5, 5.41) is 11.8. The summed E-state index contributed by atoms with van der Waals surface area (Å²) in [6, 6.07) is 11.1. The molecule has 2 rings (SSSR count). The number of nitrogens with one attached hydrogen (secondary N) is 1. The molecule has 0 fully saturated rings. The Kier molecular flexibility index (Phi) is 6.08. The molecule has 0 spiro atoms. The van der Waals surface area contributed by atoms with Crippen molar-refractivity contribution in [1.82, 2.24) is 5.32 Å². The molecule has 0 bridgehead atoms. The Morgan fingerprint density at radius 2 is 1.61 bits per heavy atom. The van der Waals surface area contributed by atoms with Gasteiger partial charge >= 0.3 is 6.09 Å². The van der Waals surface area contributed by atoms with Crippen LogP contribution in [-0.4, -0.2) is 25.0 Å². The molecule has 0 aliphatic heterocycles. The molecule has 1 unspecified atom stereocenters. The zero-order valence-electron chi connectivity index (χ0n) is 16.0. The molecule has 2 aromatic carbocycles. The number of carbonyl (C=O) groups is 1. The van der Waals surface area contributed by atoms with Crippen LogP contribution in [0.2, 0.25) is 0 Å². The fourth-order valence-corrected chi connectivity index (χ4v) is 3.94. The highest BCUT2D eigenvalue weighted by Crippen LogP contribution is 2.29. The molecular weight excluding hydrogens is 384 g/mol. The third kappa shape index (κ3) is 5.29. The van der Waals surface area contributed by atoms with Gasteiger partial charge in [-0.05, 0) is 57.5 Å². The highest BCUT2D eigenvalue weighted by atomic mass is 32.2. The average Bonchev–Trinajstić information content (AvgIpc) is 2.58. The molecule has 0 radical (unpaired) electrons. The Morgan fingerprint density at radius 1 is 1.07 bits per heavy atom. The molecule has 2 aromatic rings. The van der Waals surface area contributed by atoms with Gasteiger partial charge < -0.3 is 10.1 Å². The van der Waals surface area contributed by atoms with Crippen LogP contribution in [0.4, 0.5) is 10.5 Å². The standard InChI is InChI=1S/C19H22N2O6S/c1-13-5-11-16(12-6-13)28(25,26)17(20-18(22)27-19(2,3)4)14-7-9-15(10-8-14)21(23)24/h5-12,17H,1-4H3,(H,20,22). The second kappa shape index (κ2) is 7.97. The van der Waals surface area contributed by atoms with Gasteiger partial charge in [0.25, 0.3) is 5.69 Å². The number of alkyl carbamates (subject to hydrolysis) is 1. The van der Waals surface area contributed by atoms with Crippen LogP contribution in [-0.2, 0) is 14.6 Å². The summed E-state index contributed by atoms with van der Waals surface area (Å²) in [5.41, 5.74) is 0.0491. The third-order valence-electron chi connectivity index (χ3n) is 3.71. The average molecular weight is 406 g/mol. The van der Waals surface area contributed by atoms with Gasteiger partial charge in [0.1, 0.15) is 5.60 Å². The van der Waals surface area contributed by atoms with Gasteiger partial charge in [0.05, 0.1) is 9.82 Å². The van der Waals surface area contributed by atoms with E-state index >= 15 is 0 Å².